The van der Waals surface area contributed by atoms with Gasteiger partial charge >= 0.3 is 0 Å². The lowest BCUT2D eigenvalue weighted by Gasteiger charge is -2.48. The monoisotopic (exact) mass is 535 g/mol. The zero-order valence-corrected chi connectivity index (χ0v) is 22.1. The molecule has 10 heteroatoms. The summed E-state index contributed by atoms with van der Waals surface area (Å²) in [4.78, 5) is 28.2. The van der Waals surface area contributed by atoms with Crippen molar-refractivity contribution in [2.45, 2.75) is 50.2 Å². The number of anilines is 1. The molecule has 2 atom stereocenters. The van der Waals surface area contributed by atoms with Gasteiger partial charge in [0, 0.05) is 29.4 Å². The van der Waals surface area contributed by atoms with Crippen LogP contribution in [0.4, 0.5) is 5.69 Å². The van der Waals surface area contributed by atoms with Crippen LogP contribution in [0.1, 0.15) is 42.5 Å². The molecule has 2 heterocycles. The fourth-order valence-corrected chi connectivity index (χ4v) is 5.57. The van der Waals surface area contributed by atoms with Crippen molar-refractivity contribution in [3.8, 4) is 17.2 Å². The molecule has 0 aromatic heterocycles. The number of fused-ring (bicyclic) bond motifs is 2. The minimum atomic E-state index is -0.192. The van der Waals surface area contributed by atoms with Gasteiger partial charge in [0.05, 0.1) is 37.9 Å². The van der Waals surface area contributed by atoms with Gasteiger partial charge in [-0.25, -0.2) is 0 Å². The maximum Gasteiger partial charge on any atom is 0.251 e. The average Bonchev–Trinajstić information content (AvgIpc) is 2.85. The van der Waals surface area contributed by atoms with E-state index >= 15 is 0 Å². The summed E-state index contributed by atoms with van der Waals surface area (Å²) in [7, 11) is 4.57. The molecule has 2 saturated heterocycles. The molecular formula is C26H31Cl2N3O5. The van der Waals surface area contributed by atoms with Crippen molar-refractivity contribution in [3.05, 3.63) is 45.9 Å². The minimum absolute atomic E-state index is 0.0151. The molecule has 2 aliphatic heterocycles. The minimum Gasteiger partial charge on any atom is -0.493 e. The van der Waals surface area contributed by atoms with E-state index < -0.39 is 0 Å². The zero-order chi connectivity index (χ0) is 25.8. The molecule has 0 saturated carbocycles. The Kier molecular flexibility index (Phi) is 8.49. The summed E-state index contributed by atoms with van der Waals surface area (Å²) in [5.41, 5.74) is 1.06. The van der Waals surface area contributed by atoms with Crippen molar-refractivity contribution in [1.29, 1.82) is 0 Å². The molecule has 2 aromatic rings. The second kappa shape index (κ2) is 11.6. The van der Waals surface area contributed by atoms with Gasteiger partial charge in [0.1, 0.15) is 0 Å². The quantitative estimate of drug-likeness (QED) is 0.505. The molecule has 2 N–H and O–H groups in total. The van der Waals surface area contributed by atoms with Crippen LogP contribution in [-0.4, -0.2) is 62.7 Å². The summed E-state index contributed by atoms with van der Waals surface area (Å²) < 4.78 is 16.1. The summed E-state index contributed by atoms with van der Waals surface area (Å²) in [6, 6.07) is 8.81. The first-order valence-electron chi connectivity index (χ1n) is 11.9. The van der Waals surface area contributed by atoms with Crippen LogP contribution in [0.25, 0.3) is 0 Å². The van der Waals surface area contributed by atoms with Crippen LogP contribution >= 0.6 is 23.2 Å². The third-order valence-corrected chi connectivity index (χ3v) is 7.66. The lowest BCUT2D eigenvalue weighted by molar-refractivity contribution is -0.120. The van der Waals surface area contributed by atoms with Gasteiger partial charge in [-0.2, -0.15) is 0 Å². The first-order valence-corrected chi connectivity index (χ1v) is 12.7. The van der Waals surface area contributed by atoms with Crippen LogP contribution in [-0.2, 0) is 4.79 Å². The Bertz CT molecular complexity index is 1090. The fourth-order valence-electron chi connectivity index (χ4n) is 5.28. The third-order valence-electron chi connectivity index (χ3n) is 6.92. The molecule has 36 heavy (non-hydrogen) atoms. The van der Waals surface area contributed by atoms with Crippen molar-refractivity contribution in [1.82, 2.24) is 10.2 Å². The van der Waals surface area contributed by atoms with Gasteiger partial charge in [-0.1, -0.05) is 29.6 Å². The molecule has 0 spiro atoms. The van der Waals surface area contributed by atoms with Crippen molar-refractivity contribution < 1.29 is 23.8 Å². The van der Waals surface area contributed by atoms with Crippen LogP contribution < -0.4 is 24.8 Å². The number of ether oxygens (including phenoxy) is 3. The van der Waals surface area contributed by atoms with Gasteiger partial charge in [0.25, 0.3) is 5.91 Å². The Balaban J connectivity index is 1.40. The van der Waals surface area contributed by atoms with Gasteiger partial charge in [-0.3, -0.25) is 14.5 Å². The van der Waals surface area contributed by atoms with Crippen molar-refractivity contribution in [2.75, 3.05) is 33.2 Å². The second-order valence-electron chi connectivity index (χ2n) is 9.14. The topological polar surface area (TPSA) is 89.1 Å². The summed E-state index contributed by atoms with van der Waals surface area (Å²) in [6.07, 6.45) is 4.67. The number of rotatable bonds is 8. The maximum absolute atomic E-state index is 13.1. The number of amides is 2. The molecule has 2 aromatic carbocycles. The summed E-state index contributed by atoms with van der Waals surface area (Å²) in [5.74, 6) is 1.02. The maximum atomic E-state index is 13.1. The molecule has 0 aliphatic carbocycles. The van der Waals surface area contributed by atoms with Gasteiger partial charge < -0.3 is 24.8 Å². The Morgan fingerprint density at radius 3 is 2.14 bits per heavy atom. The van der Waals surface area contributed by atoms with E-state index in [0.29, 0.717) is 45.1 Å². The molecule has 194 valence electrons. The van der Waals surface area contributed by atoms with E-state index in [9.17, 15) is 9.59 Å². The fraction of sp³-hybridized carbons (Fsp3) is 0.462. The zero-order valence-electron chi connectivity index (χ0n) is 20.6. The van der Waals surface area contributed by atoms with E-state index in [-0.39, 0.29) is 29.9 Å². The number of halogens is 2. The predicted octanol–water partition coefficient (Wildman–Crippen LogP) is 4.77. The second-order valence-corrected chi connectivity index (χ2v) is 9.96. The lowest BCUT2D eigenvalue weighted by Crippen LogP contribution is -2.58. The highest BCUT2D eigenvalue weighted by molar-refractivity contribution is 6.42. The summed E-state index contributed by atoms with van der Waals surface area (Å²) >= 11 is 12.0. The molecule has 2 amide bonds. The Labute approximate surface area is 221 Å². The van der Waals surface area contributed by atoms with E-state index in [1.54, 1.807) is 30.3 Å². The Morgan fingerprint density at radius 2 is 1.58 bits per heavy atom. The van der Waals surface area contributed by atoms with E-state index in [2.05, 4.69) is 15.5 Å². The smallest absolute Gasteiger partial charge is 0.251 e. The van der Waals surface area contributed by atoms with Crippen LogP contribution in [0, 0.1) is 0 Å². The predicted molar refractivity (Wildman–Crippen MR) is 140 cm³/mol. The highest BCUT2D eigenvalue weighted by atomic mass is 35.5. The SMILES string of the molecule is COc1cc(C(=O)NC2CC3CCCC(C2)N3CC(=O)Nc2ccc(Cl)c(Cl)c2)cc(OC)c1OC. The van der Waals surface area contributed by atoms with Crippen molar-refractivity contribution in [2.24, 2.45) is 0 Å². The normalized spacial score (nSPS) is 21.4. The number of benzene rings is 2. The number of nitrogens with one attached hydrogen (secondary N) is 2. The standard InChI is InChI=1S/C26H31Cl2N3O5/c1-34-22-9-15(10-23(35-2)25(22)36-3)26(33)30-17-11-18-5-4-6-19(12-17)31(18)14-24(32)29-16-7-8-20(27)21(28)13-16/h7-10,13,17-19H,4-6,11-12,14H2,1-3H3,(H,29,32)(H,30,33). The van der Waals surface area contributed by atoms with Gasteiger partial charge in [0.2, 0.25) is 11.7 Å². The number of carbonyl (C=O) groups is 2. The van der Waals surface area contributed by atoms with E-state index in [1.807, 2.05) is 0 Å². The number of methoxy groups -OCH3 is 3. The largest absolute Gasteiger partial charge is 0.493 e. The first-order chi connectivity index (χ1) is 17.3. The molecule has 2 bridgehead atoms. The molecule has 4 rings (SSSR count). The first kappa shape index (κ1) is 26.4. The summed E-state index contributed by atoms with van der Waals surface area (Å²) in [5, 5.41) is 6.94. The Hall–Kier alpha value is -2.68. The average molecular weight is 536 g/mol. The van der Waals surface area contributed by atoms with Crippen LogP contribution in [0.5, 0.6) is 17.2 Å². The molecular weight excluding hydrogens is 505 g/mol. The molecule has 8 nitrogen and oxygen atoms in total. The van der Waals surface area contributed by atoms with Gasteiger partial charge in [0.15, 0.2) is 11.5 Å². The number of carbonyl (C=O) groups excluding carboxylic acids is 2. The number of hydrogen-bond donors (Lipinski definition) is 2. The van der Waals surface area contributed by atoms with Crippen LogP contribution in [0.2, 0.25) is 10.0 Å². The number of hydrogen-bond acceptors (Lipinski definition) is 6. The molecule has 2 unspecified atom stereocenters. The van der Waals surface area contributed by atoms with E-state index in [0.717, 1.165) is 32.1 Å². The van der Waals surface area contributed by atoms with E-state index in [4.69, 9.17) is 37.4 Å². The molecule has 2 fully saturated rings. The number of piperidine rings is 2. The molecule has 2 aliphatic rings. The highest BCUT2D eigenvalue weighted by Gasteiger charge is 2.39. The third kappa shape index (κ3) is 5.82. The number of nitrogens with zero attached hydrogens (tertiary/aromatic N) is 1. The van der Waals surface area contributed by atoms with Crippen molar-refractivity contribution >= 4 is 40.7 Å². The van der Waals surface area contributed by atoms with Crippen LogP contribution in [0.3, 0.4) is 0 Å². The molecule has 0 radical (unpaired) electrons. The van der Waals surface area contributed by atoms with Gasteiger partial charge in [-0.05, 0) is 56.0 Å². The van der Waals surface area contributed by atoms with E-state index in [1.165, 1.54) is 21.3 Å². The van der Waals surface area contributed by atoms with Crippen molar-refractivity contribution in [3.63, 3.8) is 0 Å². The Morgan fingerprint density at radius 1 is 0.944 bits per heavy atom. The lowest BCUT2D eigenvalue weighted by atomic mass is 9.81. The van der Waals surface area contributed by atoms with Gasteiger partial charge in [-0.15, -0.1) is 0 Å². The summed E-state index contributed by atoms with van der Waals surface area (Å²) in [6.45, 7) is 0.295. The van der Waals surface area contributed by atoms with Crippen LogP contribution in [0.15, 0.2) is 30.3 Å². The highest BCUT2D eigenvalue weighted by Crippen LogP contribution is 2.39.